The number of fused-ring (bicyclic) bond motifs is 1. The summed E-state index contributed by atoms with van der Waals surface area (Å²) in [5.74, 6) is 0.533. The van der Waals surface area contributed by atoms with Gasteiger partial charge in [0.05, 0.1) is 0 Å². The van der Waals surface area contributed by atoms with E-state index in [0.717, 1.165) is 66.7 Å². The highest BCUT2D eigenvalue weighted by molar-refractivity contribution is 5.97. The summed E-state index contributed by atoms with van der Waals surface area (Å²) in [5.41, 5.74) is 12.4. The molecule has 0 saturated carbocycles. The molecule has 0 radical (unpaired) electrons. The molecule has 0 saturated heterocycles. The molecule has 0 amide bonds. The zero-order valence-electron chi connectivity index (χ0n) is 25.3. The molecule has 4 aromatic carbocycles. The summed E-state index contributed by atoms with van der Waals surface area (Å²) < 4.78 is 6.61. The SMILES string of the molecule is C=C/C=C(\C=C/C)c1cccc(-c2cc(-c3c#cccc3)cc3oc(-c4cc(-c5cccnc5)cc(-c5cccnc5)c4)nc23)c1. The number of hydrogen-bond donors (Lipinski definition) is 0. The van der Waals surface area contributed by atoms with Gasteiger partial charge >= 0.3 is 0 Å². The van der Waals surface area contributed by atoms with Crippen molar-refractivity contribution >= 4 is 16.7 Å². The highest BCUT2D eigenvalue weighted by Crippen LogP contribution is 2.39. The molecule has 3 heterocycles. The lowest BCUT2D eigenvalue weighted by molar-refractivity contribution is 0.620. The first-order valence-electron chi connectivity index (χ1n) is 15.1. The number of nitrogens with zero attached hydrogens (tertiary/aromatic N) is 3. The Bertz CT molecular complexity index is 2160. The van der Waals surface area contributed by atoms with Crippen molar-refractivity contribution in [3.8, 4) is 56.0 Å². The minimum absolute atomic E-state index is 0.533. The number of allylic oxidation sites excluding steroid dienone is 5. The minimum atomic E-state index is 0.533. The summed E-state index contributed by atoms with van der Waals surface area (Å²) in [4.78, 5) is 13.9. The molecule has 4 heteroatoms. The summed E-state index contributed by atoms with van der Waals surface area (Å²) >= 11 is 0. The lowest BCUT2D eigenvalue weighted by atomic mass is 9.95. The van der Waals surface area contributed by atoms with Crippen molar-refractivity contribution in [3.05, 3.63) is 170 Å². The lowest BCUT2D eigenvalue weighted by Gasteiger charge is -2.09. The average Bonchev–Trinajstić information content (AvgIpc) is 3.57. The van der Waals surface area contributed by atoms with Gasteiger partial charge in [0.2, 0.25) is 5.89 Å². The van der Waals surface area contributed by atoms with Crippen LogP contribution in [0.5, 0.6) is 0 Å². The van der Waals surface area contributed by atoms with Crippen LogP contribution in [0.3, 0.4) is 0 Å². The number of hydrogen-bond acceptors (Lipinski definition) is 4. The van der Waals surface area contributed by atoms with Crippen molar-refractivity contribution in [1.82, 2.24) is 15.0 Å². The molecule has 4 nitrogen and oxygen atoms in total. The fourth-order valence-corrected chi connectivity index (χ4v) is 5.62. The van der Waals surface area contributed by atoms with Crippen molar-refractivity contribution in [1.29, 1.82) is 0 Å². The van der Waals surface area contributed by atoms with Gasteiger partial charge in [0.15, 0.2) is 5.58 Å². The maximum absolute atomic E-state index is 6.61. The normalized spacial score (nSPS) is 11.5. The van der Waals surface area contributed by atoms with E-state index < -0.39 is 0 Å². The van der Waals surface area contributed by atoms with Gasteiger partial charge in [-0.3, -0.25) is 9.97 Å². The molecule has 0 aliphatic rings. The van der Waals surface area contributed by atoms with Crippen LogP contribution >= 0.6 is 0 Å². The smallest absolute Gasteiger partial charge is 0.227 e. The van der Waals surface area contributed by atoms with Gasteiger partial charge in [-0.1, -0.05) is 79.4 Å². The van der Waals surface area contributed by atoms with E-state index >= 15 is 0 Å². The zero-order valence-corrected chi connectivity index (χ0v) is 25.3. The number of benzene rings is 3. The van der Waals surface area contributed by atoms with Crippen molar-refractivity contribution in [3.63, 3.8) is 0 Å². The molecule has 3 aromatic heterocycles. The van der Waals surface area contributed by atoms with Gasteiger partial charge in [-0.15, -0.1) is 0 Å². The Morgan fingerprint density at radius 2 is 1.48 bits per heavy atom. The van der Waals surface area contributed by atoms with Gasteiger partial charge in [-0.05, 0) is 101 Å². The summed E-state index contributed by atoms with van der Waals surface area (Å²) in [5, 5.41) is 0. The average molecular weight is 592 g/mol. The first-order valence-corrected chi connectivity index (χ1v) is 15.1. The van der Waals surface area contributed by atoms with Gasteiger partial charge < -0.3 is 4.42 Å². The van der Waals surface area contributed by atoms with Gasteiger partial charge in [-0.2, -0.15) is 0 Å². The Labute approximate surface area is 268 Å². The van der Waals surface area contributed by atoms with E-state index in [0.29, 0.717) is 11.5 Å². The van der Waals surface area contributed by atoms with Gasteiger partial charge in [0.1, 0.15) is 5.52 Å². The van der Waals surface area contributed by atoms with Crippen LogP contribution in [0.25, 0.3) is 72.6 Å². The summed E-state index contributed by atoms with van der Waals surface area (Å²) in [6.45, 7) is 5.93. The van der Waals surface area contributed by atoms with Crippen LogP contribution in [0.1, 0.15) is 12.5 Å². The third-order valence-electron chi connectivity index (χ3n) is 7.78. The zero-order chi connectivity index (χ0) is 31.3. The van der Waals surface area contributed by atoms with Gasteiger partial charge in [0.25, 0.3) is 0 Å². The summed E-state index contributed by atoms with van der Waals surface area (Å²) in [6.07, 6.45) is 15.2. The van der Waals surface area contributed by atoms with Crippen LogP contribution in [0.4, 0.5) is 0 Å². The Kier molecular flexibility index (Phi) is 7.88. The van der Waals surface area contributed by atoms with Crippen molar-refractivity contribution in [2.45, 2.75) is 6.92 Å². The predicted molar refractivity (Wildman–Crippen MR) is 187 cm³/mol. The number of oxazole rings is 1. The molecule has 0 bridgehead atoms. The third-order valence-corrected chi connectivity index (χ3v) is 7.78. The van der Waals surface area contributed by atoms with Gasteiger partial charge in [-0.25, -0.2) is 4.98 Å². The molecule has 0 spiro atoms. The predicted octanol–water partition coefficient (Wildman–Crippen LogP) is 10.7. The number of aromatic nitrogens is 3. The second-order valence-electron chi connectivity index (χ2n) is 10.8. The van der Waals surface area contributed by atoms with E-state index in [1.807, 2.05) is 73.9 Å². The summed E-state index contributed by atoms with van der Waals surface area (Å²) in [6, 6.07) is 39.2. The maximum Gasteiger partial charge on any atom is 0.227 e. The molecule has 218 valence electrons. The summed E-state index contributed by atoms with van der Waals surface area (Å²) in [7, 11) is 0. The standard InChI is InChI=1S/C42H29N3O/c1-3-11-29(12-4-2)31-15-8-16-32(21-31)39-25-37(30-13-6-5-7-14-30)26-40-41(39)45-42(46-40)38-23-35(33-17-9-19-43-27-33)22-36(24-38)34-18-10-20-44-28-34/h3-6,8-13,15-28H,1H2,2H3/b12-4-,29-11+. The van der Waals surface area contributed by atoms with Crippen molar-refractivity contribution in [2.24, 2.45) is 0 Å². The molecule has 0 N–H and O–H groups in total. The van der Waals surface area contributed by atoms with Crippen LogP contribution in [0.15, 0.2) is 157 Å². The molecule has 0 atom stereocenters. The topological polar surface area (TPSA) is 51.8 Å². The molecule has 0 unspecified atom stereocenters. The Morgan fingerprint density at radius 3 is 2.13 bits per heavy atom. The lowest BCUT2D eigenvalue weighted by Crippen LogP contribution is -1.88. The van der Waals surface area contributed by atoms with Crippen molar-refractivity contribution < 1.29 is 4.42 Å². The monoisotopic (exact) mass is 591 g/mol. The Hall–Kier alpha value is -6.31. The fourth-order valence-electron chi connectivity index (χ4n) is 5.62. The Balaban J connectivity index is 1.44. The minimum Gasteiger partial charge on any atom is -0.436 e. The molecular weight excluding hydrogens is 562 g/mol. The maximum atomic E-state index is 6.61. The first kappa shape index (κ1) is 28.5. The number of pyridine rings is 2. The fraction of sp³-hybridized carbons (Fsp3) is 0.0238. The molecule has 0 aliphatic heterocycles. The highest BCUT2D eigenvalue weighted by atomic mass is 16.3. The van der Waals surface area contributed by atoms with E-state index in [1.54, 1.807) is 12.4 Å². The van der Waals surface area contributed by atoms with Crippen molar-refractivity contribution in [2.75, 3.05) is 0 Å². The number of rotatable bonds is 8. The van der Waals surface area contributed by atoms with E-state index in [2.05, 4.69) is 95.4 Å². The van der Waals surface area contributed by atoms with E-state index in [-0.39, 0.29) is 0 Å². The van der Waals surface area contributed by atoms with Crippen LogP contribution in [0, 0.1) is 12.1 Å². The van der Waals surface area contributed by atoms with Crippen LogP contribution in [0.2, 0.25) is 0 Å². The van der Waals surface area contributed by atoms with Crippen LogP contribution in [-0.2, 0) is 0 Å². The Morgan fingerprint density at radius 1 is 0.739 bits per heavy atom. The van der Waals surface area contributed by atoms with Gasteiger partial charge in [0, 0.05) is 52.6 Å². The second kappa shape index (κ2) is 12.7. The molecule has 7 rings (SSSR count). The highest BCUT2D eigenvalue weighted by Gasteiger charge is 2.18. The second-order valence-corrected chi connectivity index (χ2v) is 10.8. The van der Waals surface area contributed by atoms with Crippen LogP contribution < -0.4 is 0 Å². The van der Waals surface area contributed by atoms with E-state index in [1.165, 1.54) is 0 Å². The quantitative estimate of drug-likeness (QED) is 0.165. The largest absolute Gasteiger partial charge is 0.436 e. The molecule has 0 fully saturated rings. The molecular formula is C42H29N3O. The van der Waals surface area contributed by atoms with E-state index in [4.69, 9.17) is 9.40 Å². The molecule has 0 aliphatic carbocycles. The molecule has 7 aromatic rings. The van der Waals surface area contributed by atoms with Crippen LogP contribution in [-0.4, -0.2) is 15.0 Å². The third kappa shape index (κ3) is 5.78. The first-order chi connectivity index (χ1) is 22.7. The van der Waals surface area contributed by atoms with E-state index in [9.17, 15) is 0 Å². The molecule has 46 heavy (non-hydrogen) atoms.